The summed E-state index contributed by atoms with van der Waals surface area (Å²) in [6, 6.07) is 5.65. The molecule has 1 atom stereocenters. The molecule has 1 N–H and O–H groups in total. The summed E-state index contributed by atoms with van der Waals surface area (Å²) in [5, 5.41) is 3.27. The van der Waals surface area contributed by atoms with Gasteiger partial charge in [0.15, 0.2) is 0 Å². The van der Waals surface area contributed by atoms with Crippen LogP contribution in [-0.2, 0) is 12.6 Å². The lowest BCUT2D eigenvalue weighted by Crippen LogP contribution is -2.27. The topological polar surface area (TPSA) is 12.0 Å². The van der Waals surface area contributed by atoms with Crippen LogP contribution in [0.2, 0.25) is 0 Å². The van der Waals surface area contributed by atoms with E-state index in [9.17, 15) is 13.2 Å². The Bertz CT molecular complexity index is 385. The molecule has 1 nitrogen and oxygen atoms in total. The largest absolute Gasteiger partial charge is 0.416 e. The molecule has 0 aliphatic heterocycles. The average molecular weight is 273 g/mol. The van der Waals surface area contributed by atoms with E-state index >= 15 is 0 Å². The summed E-state index contributed by atoms with van der Waals surface area (Å²) in [6.07, 6.45) is -3.58. The van der Waals surface area contributed by atoms with Crippen LogP contribution < -0.4 is 5.32 Å². The van der Waals surface area contributed by atoms with E-state index in [1.54, 1.807) is 6.07 Å². The van der Waals surface area contributed by atoms with E-state index in [0.29, 0.717) is 18.3 Å². The van der Waals surface area contributed by atoms with E-state index in [2.05, 4.69) is 19.2 Å². The zero-order valence-corrected chi connectivity index (χ0v) is 11.7. The highest BCUT2D eigenvalue weighted by molar-refractivity contribution is 5.26. The lowest BCUT2D eigenvalue weighted by molar-refractivity contribution is -0.137. The van der Waals surface area contributed by atoms with Crippen LogP contribution in [0.5, 0.6) is 0 Å². The summed E-state index contributed by atoms with van der Waals surface area (Å²) >= 11 is 0. The molecule has 0 fully saturated rings. The molecule has 4 heteroatoms. The van der Waals surface area contributed by atoms with E-state index in [1.165, 1.54) is 12.1 Å². The molecule has 108 valence electrons. The third-order valence-electron chi connectivity index (χ3n) is 3.35. The van der Waals surface area contributed by atoms with Crippen molar-refractivity contribution in [1.82, 2.24) is 5.32 Å². The van der Waals surface area contributed by atoms with Gasteiger partial charge in [-0.25, -0.2) is 0 Å². The number of benzene rings is 1. The van der Waals surface area contributed by atoms with Gasteiger partial charge in [-0.2, -0.15) is 13.2 Å². The predicted octanol–water partition coefficient (Wildman–Crippen LogP) is 4.13. The zero-order valence-electron chi connectivity index (χ0n) is 11.7. The normalized spacial score (nSPS) is 13.8. The van der Waals surface area contributed by atoms with E-state index in [1.807, 2.05) is 6.92 Å². The van der Waals surface area contributed by atoms with Gasteiger partial charge in [0.25, 0.3) is 0 Å². The molecule has 1 rings (SSSR count). The van der Waals surface area contributed by atoms with Crippen LogP contribution in [0.15, 0.2) is 24.3 Å². The molecule has 0 aromatic heterocycles. The summed E-state index contributed by atoms with van der Waals surface area (Å²) in [7, 11) is 0. The highest BCUT2D eigenvalue weighted by Gasteiger charge is 2.30. The van der Waals surface area contributed by atoms with Gasteiger partial charge in [0, 0.05) is 0 Å². The molecule has 0 saturated heterocycles. The Labute approximate surface area is 113 Å². The van der Waals surface area contributed by atoms with E-state index in [0.717, 1.165) is 24.7 Å². The van der Waals surface area contributed by atoms with Crippen molar-refractivity contribution in [1.29, 1.82) is 0 Å². The Balaban J connectivity index is 2.79. The van der Waals surface area contributed by atoms with Crippen LogP contribution in [-0.4, -0.2) is 13.1 Å². The molecule has 0 radical (unpaired) electrons. The zero-order chi connectivity index (χ0) is 14.5. The van der Waals surface area contributed by atoms with E-state index in [-0.39, 0.29) is 0 Å². The standard InChI is InChI=1S/C15H22F3N/c1-4-19-10-13(11(2)3)8-12-6-5-7-14(9-12)15(16,17)18/h5-7,9,11,13,19H,4,8,10H2,1-3H3. The van der Waals surface area contributed by atoms with Crippen molar-refractivity contribution in [3.8, 4) is 0 Å². The summed E-state index contributed by atoms with van der Waals surface area (Å²) in [5.74, 6) is 0.789. The van der Waals surface area contributed by atoms with Crippen molar-refractivity contribution in [2.45, 2.75) is 33.4 Å². The maximum absolute atomic E-state index is 12.7. The van der Waals surface area contributed by atoms with Gasteiger partial charge in [0.1, 0.15) is 0 Å². The summed E-state index contributed by atoms with van der Waals surface area (Å²) in [4.78, 5) is 0. The quantitative estimate of drug-likeness (QED) is 0.821. The molecule has 19 heavy (non-hydrogen) atoms. The fourth-order valence-electron chi connectivity index (χ4n) is 2.05. The van der Waals surface area contributed by atoms with E-state index < -0.39 is 11.7 Å². The van der Waals surface area contributed by atoms with Gasteiger partial charge < -0.3 is 5.32 Å². The maximum Gasteiger partial charge on any atom is 0.416 e. The molecule has 0 bridgehead atoms. The Morgan fingerprint density at radius 2 is 1.89 bits per heavy atom. The second kappa shape index (κ2) is 6.94. The van der Waals surface area contributed by atoms with Gasteiger partial charge in [-0.15, -0.1) is 0 Å². The minimum atomic E-state index is -4.26. The molecular formula is C15H22F3N. The van der Waals surface area contributed by atoms with Crippen LogP contribution >= 0.6 is 0 Å². The minimum Gasteiger partial charge on any atom is -0.317 e. The van der Waals surface area contributed by atoms with Gasteiger partial charge in [-0.1, -0.05) is 39.0 Å². The number of nitrogens with one attached hydrogen (secondary N) is 1. The van der Waals surface area contributed by atoms with Crippen LogP contribution in [0, 0.1) is 11.8 Å². The number of rotatable bonds is 6. The number of hydrogen-bond acceptors (Lipinski definition) is 1. The van der Waals surface area contributed by atoms with Crippen LogP contribution in [0.4, 0.5) is 13.2 Å². The smallest absolute Gasteiger partial charge is 0.317 e. The van der Waals surface area contributed by atoms with Gasteiger partial charge >= 0.3 is 6.18 Å². The van der Waals surface area contributed by atoms with Crippen molar-refractivity contribution in [3.63, 3.8) is 0 Å². The Morgan fingerprint density at radius 3 is 2.42 bits per heavy atom. The highest BCUT2D eigenvalue weighted by Crippen LogP contribution is 2.30. The molecule has 0 saturated carbocycles. The maximum atomic E-state index is 12.7. The van der Waals surface area contributed by atoms with Gasteiger partial charge in [-0.3, -0.25) is 0 Å². The predicted molar refractivity (Wildman–Crippen MR) is 72.0 cm³/mol. The lowest BCUT2D eigenvalue weighted by Gasteiger charge is -2.21. The van der Waals surface area contributed by atoms with Crippen LogP contribution in [0.25, 0.3) is 0 Å². The van der Waals surface area contributed by atoms with Crippen molar-refractivity contribution >= 4 is 0 Å². The molecular weight excluding hydrogens is 251 g/mol. The highest BCUT2D eigenvalue weighted by atomic mass is 19.4. The molecule has 1 aromatic carbocycles. The molecule has 0 spiro atoms. The third kappa shape index (κ3) is 5.23. The molecule has 1 unspecified atom stereocenters. The Morgan fingerprint density at radius 1 is 1.21 bits per heavy atom. The third-order valence-corrected chi connectivity index (χ3v) is 3.35. The first-order valence-corrected chi connectivity index (χ1v) is 6.71. The van der Waals surface area contributed by atoms with Crippen molar-refractivity contribution in [2.75, 3.05) is 13.1 Å². The first-order valence-electron chi connectivity index (χ1n) is 6.71. The van der Waals surface area contributed by atoms with Crippen molar-refractivity contribution < 1.29 is 13.2 Å². The summed E-state index contributed by atoms with van der Waals surface area (Å²) in [5.41, 5.74) is 0.197. The second-order valence-electron chi connectivity index (χ2n) is 5.21. The Hall–Kier alpha value is -1.03. The summed E-state index contributed by atoms with van der Waals surface area (Å²) in [6.45, 7) is 7.96. The average Bonchev–Trinajstić information content (AvgIpc) is 2.33. The number of hydrogen-bond donors (Lipinski definition) is 1. The van der Waals surface area contributed by atoms with Crippen molar-refractivity contribution in [3.05, 3.63) is 35.4 Å². The Kier molecular flexibility index (Phi) is 5.85. The van der Waals surface area contributed by atoms with E-state index in [4.69, 9.17) is 0 Å². The lowest BCUT2D eigenvalue weighted by atomic mass is 9.88. The van der Waals surface area contributed by atoms with Gasteiger partial charge in [0.2, 0.25) is 0 Å². The van der Waals surface area contributed by atoms with Crippen LogP contribution in [0.3, 0.4) is 0 Å². The van der Waals surface area contributed by atoms with Crippen molar-refractivity contribution in [2.24, 2.45) is 11.8 Å². The molecule has 0 amide bonds. The molecule has 0 aliphatic rings. The molecule has 0 heterocycles. The second-order valence-corrected chi connectivity index (χ2v) is 5.21. The number of alkyl halides is 3. The molecule has 1 aromatic rings. The van der Waals surface area contributed by atoms with Crippen LogP contribution in [0.1, 0.15) is 31.9 Å². The summed E-state index contributed by atoms with van der Waals surface area (Å²) < 4.78 is 38.0. The SMILES string of the molecule is CCNCC(Cc1cccc(C(F)(F)F)c1)C(C)C. The monoisotopic (exact) mass is 273 g/mol. The fourth-order valence-corrected chi connectivity index (χ4v) is 2.05. The molecule has 0 aliphatic carbocycles. The number of halogens is 3. The first-order chi connectivity index (χ1) is 8.84. The first kappa shape index (κ1) is 16.0. The van der Waals surface area contributed by atoms with Gasteiger partial charge in [-0.05, 0) is 43.0 Å². The minimum absolute atomic E-state index is 0.350. The van der Waals surface area contributed by atoms with Gasteiger partial charge in [0.05, 0.1) is 5.56 Å². The fraction of sp³-hybridized carbons (Fsp3) is 0.600.